The van der Waals surface area contributed by atoms with E-state index < -0.39 is 61.2 Å². The molecule has 1 N–H and O–H groups in total. The Morgan fingerprint density at radius 1 is 1.16 bits per heavy atom. The third-order valence-corrected chi connectivity index (χ3v) is 3.76. The molecule has 0 saturated carbocycles. The van der Waals surface area contributed by atoms with Crippen LogP contribution in [0.15, 0.2) is 0 Å². The first-order chi connectivity index (χ1) is 11.2. The monoisotopic (exact) mass is 374 g/mol. The average Bonchev–Trinajstić information content (AvgIpc) is 2.65. The van der Waals surface area contributed by atoms with Crippen LogP contribution in [-0.4, -0.2) is 60.2 Å². The highest BCUT2D eigenvalue weighted by atomic mass is 19.3. The largest absolute Gasteiger partial charge is 0.444 e. The minimum Gasteiger partial charge on any atom is -0.444 e. The fourth-order valence-electron chi connectivity index (χ4n) is 2.37. The van der Waals surface area contributed by atoms with Crippen LogP contribution in [0, 0.1) is 5.92 Å². The van der Waals surface area contributed by atoms with Gasteiger partial charge < -0.3 is 15.0 Å². The maximum Gasteiger partial charge on any atom is 0.408 e. The number of nitrogens with one attached hydrogen (secondary N) is 1. The molecule has 1 rings (SSSR count). The van der Waals surface area contributed by atoms with E-state index in [-0.39, 0.29) is 11.3 Å². The first kappa shape index (κ1) is 21.4. The third-order valence-electron chi connectivity index (χ3n) is 3.76. The van der Waals surface area contributed by atoms with Crippen LogP contribution in [0.1, 0.15) is 34.1 Å². The fraction of sp³-hybridized carbons (Fsp3) is 0.867. The van der Waals surface area contributed by atoms with Gasteiger partial charge in [-0.1, -0.05) is 6.92 Å². The number of likely N-dealkylation sites (tertiary alicyclic amines) is 1. The van der Waals surface area contributed by atoms with Gasteiger partial charge >= 0.3 is 17.9 Å². The lowest BCUT2D eigenvalue weighted by molar-refractivity contribution is -0.172. The molecule has 10 heteroatoms. The van der Waals surface area contributed by atoms with Crippen LogP contribution >= 0.6 is 0 Å². The molecule has 1 fully saturated rings. The summed E-state index contributed by atoms with van der Waals surface area (Å²) < 4.78 is 71.4. The summed E-state index contributed by atoms with van der Waals surface area (Å²) in [5, 5.41) is 2.12. The van der Waals surface area contributed by atoms with Gasteiger partial charge in [0, 0.05) is 5.92 Å². The van der Waals surface area contributed by atoms with E-state index in [4.69, 9.17) is 4.74 Å². The second-order valence-electron chi connectivity index (χ2n) is 7.05. The maximum atomic E-state index is 13.3. The second-order valence-corrected chi connectivity index (χ2v) is 7.05. The summed E-state index contributed by atoms with van der Waals surface area (Å²) in [5.74, 6) is -11.0. The summed E-state index contributed by atoms with van der Waals surface area (Å²) in [7, 11) is 0. The summed E-state index contributed by atoms with van der Waals surface area (Å²) >= 11 is 0. The molecule has 0 aliphatic carbocycles. The van der Waals surface area contributed by atoms with Gasteiger partial charge in [-0.2, -0.15) is 17.6 Å². The van der Waals surface area contributed by atoms with Crippen LogP contribution < -0.4 is 5.32 Å². The number of carbonyl (C=O) groups excluding carboxylic acids is 2. The fourth-order valence-corrected chi connectivity index (χ4v) is 2.37. The van der Waals surface area contributed by atoms with E-state index in [1.807, 2.05) is 0 Å². The lowest BCUT2D eigenvalue weighted by Gasteiger charge is -2.29. The van der Waals surface area contributed by atoms with Gasteiger partial charge in [0.2, 0.25) is 5.91 Å². The van der Waals surface area contributed by atoms with Crippen molar-refractivity contribution in [2.24, 2.45) is 5.92 Å². The predicted molar refractivity (Wildman–Crippen MR) is 79.4 cm³/mol. The number of ether oxygens (including phenoxy) is 1. The van der Waals surface area contributed by atoms with Gasteiger partial charge in [0.25, 0.3) is 0 Å². The van der Waals surface area contributed by atoms with Crippen LogP contribution in [0.2, 0.25) is 0 Å². The Bertz CT molecular complexity index is 488. The standard InChI is InChI=1S/C15H23F5N2O3/c1-5-9(6-16)10(21-12(24)25-13(2,3)4)11(23)22-7-14(17,18)15(19,20)8-22/h9-10H,5-8H2,1-4H3,(H,21,24)/t9-,10+/m1/s1. The summed E-state index contributed by atoms with van der Waals surface area (Å²) in [4.78, 5) is 24.5. The molecule has 0 radical (unpaired) electrons. The van der Waals surface area contributed by atoms with Gasteiger partial charge in [-0.05, 0) is 27.2 Å². The number of rotatable bonds is 5. The van der Waals surface area contributed by atoms with E-state index >= 15 is 0 Å². The van der Waals surface area contributed by atoms with E-state index in [1.165, 1.54) is 6.92 Å². The quantitative estimate of drug-likeness (QED) is 0.753. The normalized spacial score (nSPS) is 21.6. The van der Waals surface area contributed by atoms with Crippen molar-refractivity contribution >= 4 is 12.0 Å². The molecular weight excluding hydrogens is 351 g/mol. The van der Waals surface area contributed by atoms with Gasteiger partial charge in [0.15, 0.2) is 0 Å². The molecule has 0 aromatic carbocycles. The molecule has 1 aliphatic rings. The Balaban J connectivity index is 2.97. The van der Waals surface area contributed by atoms with Crippen molar-refractivity contribution in [3.8, 4) is 0 Å². The smallest absolute Gasteiger partial charge is 0.408 e. The van der Waals surface area contributed by atoms with Crippen LogP contribution in [0.3, 0.4) is 0 Å². The summed E-state index contributed by atoms with van der Waals surface area (Å²) in [5.41, 5.74) is -0.914. The number of alkyl halides is 5. The van der Waals surface area contributed by atoms with E-state index in [1.54, 1.807) is 20.8 Å². The highest BCUT2D eigenvalue weighted by molar-refractivity contribution is 5.86. The van der Waals surface area contributed by atoms with Crippen LogP contribution in [0.4, 0.5) is 26.7 Å². The Morgan fingerprint density at radius 2 is 1.64 bits per heavy atom. The zero-order chi connectivity index (χ0) is 19.6. The first-order valence-electron chi connectivity index (χ1n) is 7.84. The van der Waals surface area contributed by atoms with Crippen LogP contribution in [-0.2, 0) is 9.53 Å². The third kappa shape index (κ3) is 5.18. The molecule has 0 spiro atoms. The lowest BCUT2D eigenvalue weighted by atomic mass is 9.97. The maximum absolute atomic E-state index is 13.3. The summed E-state index contributed by atoms with van der Waals surface area (Å²) in [6.07, 6.45) is -0.973. The Morgan fingerprint density at radius 3 is 2.00 bits per heavy atom. The molecule has 1 saturated heterocycles. The minimum atomic E-state index is -4.38. The van der Waals surface area contributed by atoms with Crippen LogP contribution in [0.5, 0.6) is 0 Å². The van der Waals surface area contributed by atoms with Crippen molar-refractivity contribution in [3.05, 3.63) is 0 Å². The van der Waals surface area contributed by atoms with Crippen molar-refractivity contribution in [1.82, 2.24) is 10.2 Å². The minimum absolute atomic E-state index is 0.0866. The number of alkyl carbamates (subject to hydrolysis) is 1. The molecular formula is C15H23F5N2O3. The molecule has 0 aromatic rings. The van der Waals surface area contributed by atoms with Gasteiger partial charge in [-0.25, -0.2) is 4.79 Å². The van der Waals surface area contributed by atoms with Crippen molar-refractivity contribution in [3.63, 3.8) is 0 Å². The molecule has 5 nitrogen and oxygen atoms in total. The summed E-state index contributed by atoms with van der Waals surface area (Å²) in [6.45, 7) is 2.16. The SMILES string of the molecule is CC[C@H](CF)[C@H](NC(=O)OC(C)(C)C)C(=O)N1CC(F)(F)C(F)(F)C1. The molecule has 146 valence electrons. The van der Waals surface area contributed by atoms with Gasteiger partial charge in [-0.3, -0.25) is 9.18 Å². The summed E-state index contributed by atoms with van der Waals surface area (Å²) in [6, 6.07) is -1.57. The lowest BCUT2D eigenvalue weighted by Crippen LogP contribution is -2.53. The van der Waals surface area contributed by atoms with Crippen molar-refractivity contribution in [2.75, 3.05) is 19.8 Å². The van der Waals surface area contributed by atoms with Crippen molar-refractivity contribution in [1.29, 1.82) is 0 Å². The topological polar surface area (TPSA) is 58.6 Å². The number of halogens is 5. The Kier molecular flexibility index (Phi) is 6.28. The van der Waals surface area contributed by atoms with E-state index in [0.29, 0.717) is 0 Å². The van der Waals surface area contributed by atoms with Crippen molar-refractivity contribution in [2.45, 2.75) is 57.6 Å². The molecule has 2 amide bonds. The molecule has 1 aliphatic heterocycles. The highest BCUT2D eigenvalue weighted by Gasteiger charge is 2.64. The van der Waals surface area contributed by atoms with Gasteiger partial charge in [-0.15, -0.1) is 0 Å². The van der Waals surface area contributed by atoms with E-state index in [0.717, 1.165) is 0 Å². The van der Waals surface area contributed by atoms with Gasteiger partial charge in [0.05, 0.1) is 19.8 Å². The second kappa shape index (κ2) is 7.33. The van der Waals surface area contributed by atoms with Crippen molar-refractivity contribution < 1.29 is 36.3 Å². The Hall–Kier alpha value is -1.61. The van der Waals surface area contributed by atoms with E-state index in [2.05, 4.69) is 5.32 Å². The zero-order valence-electron chi connectivity index (χ0n) is 14.5. The number of nitrogens with zero attached hydrogens (tertiary/aromatic N) is 1. The molecule has 2 atom stereocenters. The van der Waals surface area contributed by atoms with Crippen LogP contribution in [0.25, 0.3) is 0 Å². The number of carbonyl (C=O) groups is 2. The molecule has 0 unspecified atom stereocenters. The molecule has 25 heavy (non-hydrogen) atoms. The van der Waals surface area contributed by atoms with Gasteiger partial charge in [0.1, 0.15) is 11.6 Å². The molecule has 0 aromatic heterocycles. The number of hydrogen-bond donors (Lipinski definition) is 1. The molecule has 1 heterocycles. The average molecular weight is 374 g/mol. The first-order valence-corrected chi connectivity index (χ1v) is 7.84. The zero-order valence-corrected chi connectivity index (χ0v) is 14.5. The number of amides is 2. The highest BCUT2D eigenvalue weighted by Crippen LogP contribution is 2.41. The molecule has 0 bridgehead atoms. The number of hydrogen-bond acceptors (Lipinski definition) is 3. The predicted octanol–water partition coefficient (Wildman–Crippen LogP) is 2.99. The van der Waals surface area contributed by atoms with E-state index in [9.17, 15) is 31.5 Å². The Labute approximate surface area is 142 Å².